The van der Waals surface area contributed by atoms with Gasteiger partial charge in [-0.2, -0.15) is 4.31 Å². The van der Waals surface area contributed by atoms with E-state index in [9.17, 15) is 42.6 Å². The number of ether oxygens (including phenoxy) is 1. The number of carbonyl (C=O) groups is 2. The van der Waals surface area contributed by atoms with Crippen LogP contribution in [-0.2, 0) is 10.0 Å². The Balaban J connectivity index is 1.71. The maximum atomic E-state index is 13.5. The van der Waals surface area contributed by atoms with E-state index in [0.29, 0.717) is 4.31 Å². The summed E-state index contributed by atoms with van der Waals surface area (Å²) in [6.45, 7) is 0. The molecule has 202 valence electrons. The molecule has 1 amide bonds. The molecular weight excluding hydrogens is 549 g/mol. The minimum atomic E-state index is -4.67. The highest BCUT2D eigenvalue weighted by Crippen LogP contribution is 2.29. The van der Waals surface area contributed by atoms with Gasteiger partial charge in [-0.3, -0.25) is 25.0 Å². The van der Waals surface area contributed by atoms with Crippen molar-refractivity contribution >= 4 is 39.0 Å². The molecule has 0 bridgehead atoms. The zero-order valence-corrected chi connectivity index (χ0v) is 20.9. The van der Waals surface area contributed by atoms with Crippen LogP contribution in [0.25, 0.3) is 0 Å². The monoisotopic (exact) mass is 565 g/mol. The van der Waals surface area contributed by atoms with Crippen molar-refractivity contribution in [3.8, 4) is 5.75 Å². The summed E-state index contributed by atoms with van der Waals surface area (Å²) in [6.07, 6.45) is 0. The zero-order chi connectivity index (χ0) is 29.0. The van der Waals surface area contributed by atoms with Crippen LogP contribution in [-0.4, -0.2) is 30.1 Å². The molecule has 0 saturated heterocycles. The van der Waals surface area contributed by atoms with Gasteiger partial charge in [-0.25, -0.2) is 17.6 Å². The summed E-state index contributed by atoms with van der Waals surface area (Å²) >= 11 is 0. The van der Waals surface area contributed by atoms with Crippen LogP contribution in [0.5, 0.6) is 5.75 Å². The lowest BCUT2D eigenvalue weighted by atomic mass is 10.2. The molecule has 4 aromatic rings. The topological polar surface area (TPSA) is 167 Å². The van der Waals surface area contributed by atoms with Crippen molar-refractivity contribution in [3.63, 3.8) is 0 Å². The largest absolute Gasteiger partial charge is 0.423 e. The summed E-state index contributed by atoms with van der Waals surface area (Å²) in [7, 11) is -4.67. The van der Waals surface area contributed by atoms with E-state index in [1.807, 2.05) is 0 Å². The Morgan fingerprint density at radius 2 is 1.27 bits per heavy atom. The van der Waals surface area contributed by atoms with Gasteiger partial charge < -0.3 is 4.74 Å². The molecule has 0 atom stereocenters. The molecule has 4 aromatic carbocycles. The van der Waals surface area contributed by atoms with Gasteiger partial charge in [0.15, 0.2) is 0 Å². The van der Waals surface area contributed by atoms with Crippen molar-refractivity contribution < 1.29 is 37.0 Å². The smallest absolute Gasteiger partial charge is 0.343 e. The zero-order valence-electron chi connectivity index (χ0n) is 20.0. The van der Waals surface area contributed by atoms with E-state index in [1.54, 1.807) is 0 Å². The third kappa shape index (κ3) is 5.81. The lowest BCUT2D eigenvalue weighted by molar-refractivity contribution is -0.385. The number of anilines is 1. The number of nitro benzene ring substituents is 2. The number of hydrogen-bond donors (Lipinski definition) is 0. The van der Waals surface area contributed by atoms with E-state index in [1.165, 1.54) is 42.5 Å². The molecule has 0 unspecified atom stereocenters. The Kier molecular flexibility index (Phi) is 7.63. The van der Waals surface area contributed by atoms with Crippen LogP contribution in [0.15, 0.2) is 102 Å². The predicted molar refractivity (Wildman–Crippen MR) is 138 cm³/mol. The first-order valence-corrected chi connectivity index (χ1v) is 12.6. The summed E-state index contributed by atoms with van der Waals surface area (Å²) in [5, 5.41) is 22.2. The van der Waals surface area contributed by atoms with E-state index in [2.05, 4.69) is 0 Å². The van der Waals surface area contributed by atoms with Gasteiger partial charge in [0.05, 0.1) is 26.0 Å². The molecule has 4 rings (SSSR count). The number of nitrogens with zero attached hydrogens (tertiary/aromatic N) is 3. The number of hydrogen-bond acceptors (Lipinski definition) is 9. The van der Waals surface area contributed by atoms with E-state index >= 15 is 0 Å². The van der Waals surface area contributed by atoms with Gasteiger partial charge in [-0.05, 0) is 60.7 Å². The number of non-ortho nitro benzene ring substituents is 2. The molecular formula is C26H16FN3O9S. The number of halogens is 1. The van der Waals surface area contributed by atoms with Crippen LogP contribution in [0.1, 0.15) is 20.7 Å². The summed E-state index contributed by atoms with van der Waals surface area (Å²) in [6, 6.07) is 17.6. The van der Waals surface area contributed by atoms with Gasteiger partial charge in [-0.15, -0.1) is 0 Å². The lowest BCUT2D eigenvalue weighted by Crippen LogP contribution is -2.37. The minimum absolute atomic E-state index is 0.0813. The Morgan fingerprint density at radius 3 is 1.82 bits per heavy atom. The molecule has 0 N–H and O–H groups in total. The summed E-state index contributed by atoms with van der Waals surface area (Å²) in [4.78, 5) is 46.2. The Bertz CT molecular complexity index is 1740. The van der Waals surface area contributed by atoms with Crippen molar-refractivity contribution in [2.24, 2.45) is 0 Å². The predicted octanol–water partition coefficient (Wildman–Crippen LogP) is 4.90. The summed E-state index contributed by atoms with van der Waals surface area (Å²) in [5.41, 5.74) is -1.43. The Morgan fingerprint density at radius 1 is 0.750 bits per heavy atom. The number of amides is 1. The SMILES string of the molecule is O=C(Oc1ccc(N(C(=O)c2cccc([N+](=O)[O-])c2)S(=O)(=O)c2ccc(F)cc2)cc1)c1cccc([N+](=O)[O-])c1. The first-order valence-electron chi connectivity index (χ1n) is 11.1. The molecule has 14 heteroatoms. The number of carbonyl (C=O) groups excluding carboxylic acids is 2. The highest BCUT2D eigenvalue weighted by molar-refractivity contribution is 7.93. The van der Waals surface area contributed by atoms with Gasteiger partial charge in [-0.1, -0.05) is 12.1 Å². The normalized spacial score (nSPS) is 10.9. The fraction of sp³-hybridized carbons (Fsp3) is 0. The number of benzene rings is 4. The molecule has 0 spiro atoms. The summed E-state index contributed by atoms with van der Waals surface area (Å²) in [5.74, 6) is -2.87. The third-order valence-electron chi connectivity index (χ3n) is 5.41. The maximum absolute atomic E-state index is 13.5. The second-order valence-corrected chi connectivity index (χ2v) is 9.81. The van der Waals surface area contributed by atoms with Crippen LogP contribution >= 0.6 is 0 Å². The molecule has 0 fully saturated rings. The average Bonchev–Trinajstić information content (AvgIpc) is 2.94. The molecule has 0 aromatic heterocycles. The lowest BCUT2D eigenvalue weighted by Gasteiger charge is -2.23. The second kappa shape index (κ2) is 11.1. The summed E-state index contributed by atoms with van der Waals surface area (Å²) < 4.78 is 46.1. The van der Waals surface area contributed by atoms with Crippen molar-refractivity contribution in [2.75, 3.05) is 4.31 Å². The first-order chi connectivity index (χ1) is 19.0. The van der Waals surface area contributed by atoms with Crippen LogP contribution in [0, 0.1) is 26.0 Å². The highest BCUT2D eigenvalue weighted by Gasteiger charge is 2.32. The van der Waals surface area contributed by atoms with E-state index < -0.39 is 48.1 Å². The number of rotatable bonds is 8. The Hall–Kier alpha value is -5.50. The van der Waals surface area contributed by atoms with Gasteiger partial charge >= 0.3 is 5.97 Å². The second-order valence-electron chi connectivity index (χ2n) is 8.03. The van der Waals surface area contributed by atoms with Crippen LogP contribution in [0.3, 0.4) is 0 Å². The van der Waals surface area contributed by atoms with Crippen LogP contribution in [0.4, 0.5) is 21.5 Å². The van der Waals surface area contributed by atoms with Gasteiger partial charge in [0.1, 0.15) is 11.6 Å². The standard InChI is InChI=1S/C26H16FN3O9S/c27-19-7-13-24(14-8-19)40(37,38)28(25(31)17-3-1-5-21(15-17)29(33)34)20-9-11-23(12-10-20)39-26(32)18-4-2-6-22(16-18)30(35)36/h1-16H. The van der Waals surface area contributed by atoms with Crippen molar-refractivity contribution in [2.45, 2.75) is 4.90 Å². The first kappa shape index (κ1) is 27.5. The maximum Gasteiger partial charge on any atom is 0.343 e. The molecule has 0 heterocycles. The van der Waals surface area contributed by atoms with E-state index in [0.717, 1.165) is 54.6 Å². The van der Waals surface area contributed by atoms with Gasteiger partial charge in [0.25, 0.3) is 27.3 Å². The molecule has 0 aliphatic rings. The number of nitro groups is 2. The fourth-order valence-electron chi connectivity index (χ4n) is 3.51. The van der Waals surface area contributed by atoms with Gasteiger partial charge in [0.2, 0.25) is 0 Å². The van der Waals surface area contributed by atoms with Crippen molar-refractivity contribution in [1.82, 2.24) is 0 Å². The average molecular weight is 565 g/mol. The quantitative estimate of drug-likeness (QED) is 0.125. The highest BCUT2D eigenvalue weighted by atomic mass is 32.2. The fourth-order valence-corrected chi connectivity index (χ4v) is 4.92. The van der Waals surface area contributed by atoms with Crippen molar-refractivity contribution in [3.05, 3.63) is 134 Å². The van der Waals surface area contributed by atoms with E-state index in [-0.39, 0.29) is 28.3 Å². The molecule has 0 aliphatic heterocycles. The van der Waals surface area contributed by atoms with E-state index in [4.69, 9.17) is 4.74 Å². The molecule has 0 radical (unpaired) electrons. The molecule has 12 nitrogen and oxygen atoms in total. The molecule has 0 aliphatic carbocycles. The van der Waals surface area contributed by atoms with Crippen LogP contribution in [0.2, 0.25) is 0 Å². The van der Waals surface area contributed by atoms with Gasteiger partial charge in [0, 0.05) is 29.8 Å². The number of esters is 1. The van der Waals surface area contributed by atoms with Crippen molar-refractivity contribution in [1.29, 1.82) is 0 Å². The third-order valence-corrected chi connectivity index (χ3v) is 7.14. The minimum Gasteiger partial charge on any atom is -0.423 e. The molecule has 0 saturated carbocycles. The Labute approximate surface area is 225 Å². The van der Waals surface area contributed by atoms with Crippen LogP contribution < -0.4 is 9.04 Å². The molecule has 40 heavy (non-hydrogen) atoms. The number of sulfonamides is 1.